The number of hydrogen-bond acceptors (Lipinski definition) is 3. The molecule has 0 aliphatic heterocycles. The normalized spacial score (nSPS) is 14.1. The molecule has 0 saturated carbocycles. The van der Waals surface area contributed by atoms with Crippen molar-refractivity contribution in [2.75, 3.05) is 0 Å². The molecule has 1 aromatic heterocycles. The summed E-state index contributed by atoms with van der Waals surface area (Å²) in [4.78, 5) is 11.8. The summed E-state index contributed by atoms with van der Waals surface area (Å²) in [6, 6.07) is 3.29. The zero-order valence-corrected chi connectivity index (χ0v) is 13.2. The summed E-state index contributed by atoms with van der Waals surface area (Å²) in [5.41, 5.74) is -2.72. The lowest BCUT2D eigenvalue weighted by Gasteiger charge is -2.36. The third kappa shape index (κ3) is 3.08. The molecule has 0 N–H and O–H groups in total. The molecule has 0 aliphatic carbocycles. The van der Waals surface area contributed by atoms with Crippen molar-refractivity contribution in [3.05, 3.63) is 45.8 Å². The maximum Gasteiger partial charge on any atom is 0.460 e. The fourth-order valence-corrected chi connectivity index (χ4v) is 2.11. The van der Waals surface area contributed by atoms with E-state index in [0.717, 1.165) is 12.1 Å². The highest BCUT2D eigenvalue weighted by Gasteiger charge is 2.87. The van der Waals surface area contributed by atoms with E-state index in [1.807, 2.05) is 0 Å². The first-order valence-corrected chi connectivity index (χ1v) is 6.98. The van der Waals surface area contributed by atoms with Gasteiger partial charge in [-0.1, -0.05) is 0 Å². The number of alkyl halides is 11. The van der Waals surface area contributed by atoms with Gasteiger partial charge in [0.25, 0.3) is 0 Å². The second-order valence-corrected chi connectivity index (χ2v) is 5.59. The number of halogens is 11. The summed E-state index contributed by atoms with van der Waals surface area (Å²) >= 11 is 0. The van der Waals surface area contributed by atoms with E-state index < -0.39 is 58.1 Å². The van der Waals surface area contributed by atoms with Crippen molar-refractivity contribution in [2.24, 2.45) is 0 Å². The van der Waals surface area contributed by atoms with Crippen LogP contribution in [0.4, 0.5) is 48.3 Å². The zero-order valence-electron chi connectivity index (χ0n) is 13.2. The number of benzene rings is 1. The van der Waals surface area contributed by atoms with Gasteiger partial charge < -0.3 is 4.42 Å². The molecule has 2 rings (SSSR count). The van der Waals surface area contributed by atoms with Crippen molar-refractivity contribution >= 4 is 11.0 Å². The predicted octanol–water partition coefficient (Wildman–Crippen LogP) is 5.22. The van der Waals surface area contributed by atoms with Crippen LogP contribution in [-0.2, 0) is 5.92 Å². The minimum absolute atomic E-state index is 0.217. The summed E-state index contributed by atoms with van der Waals surface area (Å²) in [6.07, 6.45) is -7.30. The van der Waals surface area contributed by atoms with Crippen molar-refractivity contribution in [2.45, 2.75) is 29.9 Å². The van der Waals surface area contributed by atoms with Crippen LogP contribution in [-0.4, -0.2) is 23.9 Å². The van der Waals surface area contributed by atoms with E-state index in [1.54, 1.807) is 0 Å². The van der Waals surface area contributed by atoms with Gasteiger partial charge >= 0.3 is 29.9 Å². The van der Waals surface area contributed by atoms with Crippen LogP contribution < -0.4 is 5.43 Å². The van der Waals surface area contributed by atoms with Crippen molar-refractivity contribution in [1.82, 2.24) is 0 Å². The highest BCUT2D eigenvalue weighted by atomic mass is 19.4. The molecular weight excluding hydrogens is 435 g/mol. The smallest absolute Gasteiger partial charge is 0.454 e. The fourth-order valence-electron chi connectivity index (χ4n) is 2.11. The molecular formula is C15H4F11NO2. The van der Waals surface area contributed by atoms with Crippen LogP contribution in [0.3, 0.4) is 0 Å². The molecule has 29 heavy (non-hydrogen) atoms. The molecule has 2 aromatic rings. The van der Waals surface area contributed by atoms with E-state index in [2.05, 4.69) is 4.42 Å². The molecule has 0 bridgehead atoms. The monoisotopic (exact) mass is 439 g/mol. The number of nitriles is 1. The molecule has 0 unspecified atom stereocenters. The highest BCUT2D eigenvalue weighted by Crippen LogP contribution is 2.59. The van der Waals surface area contributed by atoms with Crippen molar-refractivity contribution < 1.29 is 52.7 Å². The molecule has 0 fully saturated rings. The minimum atomic E-state index is -7.63. The topological polar surface area (TPSA) is 54.0 Å². The van der Waals surface area contributed by atoms with Gasteiger partial charge in [-0.05, 0) is 18.2 Å². The first-order valence-electron chi connectivity index (χ1n) is 6.98. The average molecular weight is 439 g/mol. The second kappa shape index (κ2) is 6.33. The Labute approximate surface area is 151 Å². The third-order valence-corrected chi connectivity index (χ3v) is 3.70. The highest BCUT2D eigenvalue weighted by molar-refractivity contribution is 5.78. The Morgan fingerprint density at radius 1 is 0.793 bits per heavy atom. The minimum Gasteiger partial charge on any atom is -0.454 e. The lowest BCUT2D eigenvalue weighted by Crippen LogP contribution is -2.65. The van der Waals surface area contributed by atoms with E-state index in [-0.39, 0.29) is 5.56 Å². The van der Waals surface area contributed by atoms with Gasteiger partial charge in [0.2, 0.25) is 0 Å². The number of fused-ring (bicyclic) bond motifs is 1. The van der Waals surface area contributed by atoms with E-state index >= 15 is 0 Å². The van der Waals surface area contributed by atoms with Crippen LogP contribution >= 0.6 is 0 Å². The quantitative estimate of drug-likeness (QED) is 0.614. The van der Waals surface area contributed by atoms with E-state index in [0.29, 0.717) is 6.07 Å². The van der Waals surface area contributed by atoms with E-state index in [4.69, 9.17) is 5.26 Å². The third-order valence-electron chi connectivity index (χ3n) is 3.70. The largest absolute Gasteiger partial charge is 0.460 e. The summed E-state index contributed by atoms with van der Waals surface area (Å²) in [5.74, 6) is -31.6. The number of nitrogens with zero attached hydrogens (tertiary/aromatic N) is 1. The molecule has 14 heteroatoms. The Morgan fingerprint density at radius 2 is 1.34 bits per heavy atom. The molecule has 158 valence electrons. The molecule has 1 aromatic carbocycles. The molecule has 0 spiro atoms. The van der Waals surface area contributed by atoms with Gasteiger partial charge in [-0.2, -0.15) is 53.6 Å². The average Bonchev–Trinajstić information content (AvgIpc) is 2.59. The van der Waals surface area contributed by atoms with Gasteiger partial charge in [-0.3, -0.25) is 4.79 Å². The molecule has 3 nitrogen and oxygen atoms in total. The Balaban J connectivity index is 2.70. The maximum atomic E-state index is 14.0. The van der Waals surface area contributed by atoms with Crippen LogP contribution in [0, 0.1) is 11.3 Å². The van der Waals surface area contributed by atoms with E-state index in [1.165, 1.54) is 6.07 Å². The van der Waals surface area contributed by atoms with E-state index in [9.17, 15) is 53.1 Å². The second-order valence-electron chi connectivity index (χ2n) is 5.59. The predicted molar refractivity (Wildman–Crippen MR) is 72.0 cm³/mol. The van der Waals surface area contributed by atoms with Crippen LogP contribution in [0.1, 0.15) is 11.3 Å². The van der Waals surface area contributed by atoms with Gasteiger partial charge in [-0.25, -0.2) is 0 Å². The molecule has 0 atom stereocenters. The van der Waals surface area contributed by atoms with Crippen LogP contribution in [0.15, 0.2) is 33.5 Å². The summed E-state index contributed by atoms with van der Waals surface area (Å²) in [6.45, 7) is 0. The lowest BCUT2D eigenvalue weighted by atomic mass is 9.96. The van der Waals surface area contributed by atoms with Gasteiger partial charge in [0.05, 0.1) is 17.0 Å². The zero-order chi connectivity index (χ0) is 22.6. The Hall–Kier alpha value is -2.85. The van der Waals surface area contributed by atoms with Gasteiger partial charge in [0.1, 0.15) is 5.58 Å². The lowest BCUT2D eigenvalue weighted by molar-refractivity contribution is -0.426. The molecule has 0 saturated heterocycles. The summed E-state index contributed by atoms with van der Waals surface area (Å²) < 4.78 is 148. The standard InChI is InChI=1S/C15H4F11NO2/c16-11(17,12(18,19)13(20,21)14(22,23)15(24,25)26)10-4-8(28)7-3-6(5-27)1-2-9(7)29-10/h1-4H. The SMILES string of the molecule is N#Cc1ccc2oc(C(F)(F)C(F)(F)C(F)(F)C(F)(F)C(F)(F)F)cc(=O)c2c1. The molecule has 0 aliphatic rings. The Kier molecular flexibility index (Phi) is 4.90. The number of hydrogen-bond donors (Lipinski definition) is 0. The van der Waals surface area contributed by atoms with Crippen molar-refractivity contribution in [1.29, 1.82) is 5.26 Å². The van der Waals surface area contributed by atoms with Gasteiger partial charge in [0, 0.05) is 6.07 Å². The van der Waals surface area contributed by atoms with Crippen molar-refractivity contribution in [3.63, 3.8) is 0 Å². The van der Waals surface area contributed by atoms with Crippen LogP contribution in [0.5, 0.6) is 0 Å². The first-order chi connectivity index (χ1) is 12.9. The first kappa shape index (κ1) is 22.4. The molecule has 0 radical (unpaired) electrons. The Bertz CT molecular complexity index is 1050. The summed E-state index contributed by atoms with van der Waals surface area (Å²) in [5, 5.41) is 8.02. The maximum absolute atomic E-state index is 14.0. The molecule has 1 heterocycles. The number of rotatable bonds is 4. The van der Waals surface area contributed by atoms with Crippen molar-refractivity contribution in [3.8, 4) is 6.07 Å². The Morgan fingerprint density at radius 3 is 1.83 bits per heavy atom. The van der Waals surface area contributed by atoms with Crippen LogP contribution in [0.2, 0.25) is 0 Å². The molecule has 0 amide bonds. The van der Waals surface area contributed by atoms with Gasteiger partial charge in [0.15, 0.2) is 11.2 Å². The van der Waals surface area contributed by atoms with Crippen LogP contribution in [0.25, 0.3) is 11.0 Å². The van der Waals surface area contributed by atoms with Gasteiger partial charge in [-0.15, -0.1) is 0 Å². The fraction of sp³-hybridized carbons (Fsp3) is 0.333. The summed E-state index contributed by atoms with van der Waals surface area (Å²) in [7, 11) is 0.